The molecule has 2 unspecified atom stereocenters. The van der Waals surface area contributed by atoms with Gasteiger partial charge in [0.15, 0.2) is 5.75 Å². The van der Waals surface area contributed by atoms with Gasteiger partial charge >= 0.3 is 5.69 Å². The average Bonchev–Trinajstić information content (AvgIpc) is 2.35. The Balaban J connectivity index is 2.98. The van der Waals surface area contributed by atoms with Crippen LogP contribution in [-0.4, -0.2) is 27.8 Å². The molecule has 0 saturated carbocycles. The molecule has 21 heavy (non-hydrogen) atoms. The van der Waals surface area contributed by atoms with E-state index in [1.165, 1.54) is 6.07 Å². The number of benzene rings is 1. The number of nitrogens with zero attached hydrogens (tertiary/aromatic N) is 1. The minimum Gasteiger partial charge on any atom is -0.481 e. The Bertz CT molecular complexity index is 495. The lowest BCUT2D eigenvalue weighted by atomic mass is 10.1. The number of ether oxygens (including phenoxy) is 1. The normalized spacial score (nSPS) is 14.6. The summed E-state index contributed by atoms with van der Waals surface area (Å²) in [5.41, 5.74) is 0.751. The molecule has 0 radical (unpaired) electrons. The van der Waals surface area contributed by atoms with Gasteiger partial charge in [-0.3, -0.25) is 10.1 Å². The molecular formula is C15H24N2O4. The summed E-state index contributed by atoms with van der Waals surface area (Å²) >= 11 is 0. The van der Waals surface area contributed by atoms with E-state index < -0.39 is 17.1 Å². The summed E-state index contributed by atoms with van der Waals surface area (Å²) in [5, 5.41) is 23.8. The Morgan fingerprint density at radius 2 is 2.00 bits per heavy atom. The van der Waals surface area contributed by atoms with Crippen LogP contribution in [0.4, 0.5) is 5.69 Å². The van der Waals surface area contributed by atoms with Crippen molar-refractivity contribution in [3.05, 3.63) is 33.9 Å². The van der Waals surface area contributed by atoms with Crippen LogP contribution in [0.5, 0.6) is 5.75 Å². The molecule has 6 nitrogen and oxygen atoms in total. The predicted molar refractivity (Wildman–Crippen MR) is 81.5 cm³/mol. The summed E-state index contributed by atoms with van der Waals surface area (Å²) < 4.78 is 5.52. The lowest BCUT2D eigenvalue weighted by molar-refractivity contribution is -0.386. The molecule has 0 bridgehead atoms. The number of hydrogen-bond donors (Lipinski definition) is 2. The van der Waals surface area contributed by atoms with Gasteiger partial charge in [0.2, 0.25) is 0 Å². The van der Waals surface area contributed by atoms with Crippen molar-refractivity contribution >= 4 is 5.69 Å². The summed E-state index contributed by atoms with van der Waals surface area (Å²) in [6.07, 6.45) is -1.23. The molecule has 0 heterocycles. The standard InChI is InChI=1S/C15H24N2O4/c1-10(18)11(2)21-14-8-12(9-16-15(3,4)5)6-7-13(14)17(19)20/h6-8,10-11,16,18H,9H2,1-5H3. The zero-order valence-electron chi connectivity index (χ0n) is 13.2. The van der Waals surface area contributed by atoms with Gasteiger partial charge in [-0.15, -0.1) is 0 Å². The topological polar surface area (TPSA) is 84.6 Å². The predicted octanol–water partition coefficient (Wildman–Crippen LogP) is 2.63. The number of nitro groups is 1. The molecule has 0 aliphatic heterocycles. The van der Waals surface area contributed by atoms with Crippen molar-refractivity contribution in [1.29, 1.82) is 0 Å². The van der Waals surface area contributed by atoms with E-state index in [1.54, 1.807) is 26.0 Å². The average molecular weight is 296 g/mol. The molecule has 0 fully saturated rings. The fourth-order valence-corrected chi connectivity index (χ4v) is 1.58. The van der Waals surface area contributed by atoms with Crippen molar-refractivity contribution in [2.24, 2.45) is 0 Å². The Hall–Kier alpha value is -1.66. The van der Waals surface area contributed by atoms with Crippen LogP contribution in [-0.2, 0) is 6.54 Å². The van der Waals surface area contributed by atoms with E-state index in [9.17, 15) is 15.2 Å². The van der Waals surface area contributed by atoms with Crippen molar-refractivity contribution in [2.45, 2.75) is 58.9 Å². The van der Waals surface area contributed by atoms with Crippen LogP contribution in [0, 0.1) is 10.1 Å². The van der Waals surface area contributed by atoms with Gasteiger partial charge in [-0.2, -0.15) is 0 Å². The fraction of sp³-hybridized carbons (Fsp3) is 0.600. The van der Waals surface area contributed by atoms with Crippen LogP contribution in [0.25, 0.3) is 0 Å². The van der Waals surface area contributed by atoms with Crippen molar-refractivity contribution in [3.63, 3.8) is 0 Å². The number of aliphatic hydroxyl groups excluding tert-OH is 1. The summed E-state index contributed by atoms with van der Waals surface area (Å²) in [6.45, 7) is 9.98. The smallest absolute Gasteiger partial charge is 0.310 e. The lowest BCUT2D eigenvalue weighted by Crippen LogP contribution is -2.35. The fourth-order valence-electron chi connectivity index (χ4n) is 1.58. The number of nitrogens with one attached hydrogen (secondary N) is 1. The van der Waals surface area contributed by atoms with E-state index in [2.05, 4.69) is 5.32 Å². The lowest BCUT2D eigenvalue weighted by Gasteiger charge is -2.21. The Kier molecular flexibility index (Phi) is 5.69. The minimum atomic E-state index is -0.707. The summed E-state index contributed by atoms with van der Waals surface area (Å²) in [7, 11) is 0. The van der Waals surface area contributed by atoms with Crippen LogP contribution in [0.15, 0.2) is 18.2 Å². The quantitative estimate of drug-likeness (QED) is 0.622. The largest absolute Gasteiger partial charge is 0.481 e. The molecule has 0 spiro atoms. The number of nitro benzene ring substituents is 1. The Morgan fingerprint density at radius 3 is 2.48 bits per heavy atom. The van der Waals surface area contributed by atoms with Crippen molar-refractivity contribution in [3.8, 4) is 5.75 Å². The first-order valence-corrected chi connectivity index (χ1v) is 6.97. The van der Waals surface area contributed by atoms with Crippen molar-refractivity contribution in [2.75, 3.05) is 0 Å². The number of hydrogen-bond acceptors (Lipinski definition) is 5. The third kappa shape index (κ3) is 5.69. The third-order valence-corrected chi connectivity index (χ3v) is 3.04. The number of aliphatic hydroxyl groups is 1. The van der Waals surface area contributed by atoms with E-state index in [-0.39, 0.29) is 17.0 Å². The Labute approximate surface area is 125 Å². The number of rotatable bonds is 6. The maximum atomic E-state index is 11.0. The van der Waals surface area contributed by atoms with Crippen LogP contribution >= 0.6 is 0 Å². The van der Waals surface area contributed by atoms with Gasteiger partial charge < -0.3 is 15.2 Å². The highest BCUT2D eigenvalue weighted by Crippen LogP contribution is 2.29. The molecular weight excluding hydrogens is 272 g/mol. The van der Waals surface area contributed by atoms with Crippen molar-refractivity contribution < 1.29 is 14.8 Å². The van der Waals surface area contributed by atoms with E-state index in [0.29, 0.717) is 6.54 Å². The minimum absolute atomic E-state index is 0.0459. The molecule has 1 aromatic rings. The first kappa shape index (κ1) is 17.4. The molecule has 1 aromatic carbocycles. The second-order valence-electron chi connectivity index (χ2n) is 6.23. The van der Waals surface area contributed by atoms with E-state index in [1.807, 2.05) is 20.8 Å². The van der Waals surface area contributed by atoms with Gasteiger partial charge in [0.25, 0.3) is 0 Å². The molecule has 0 aromatic heterocycles. The highest BCUT2D eigenvalue weighted by molar-refractivity contribution is 5.48. The molecule has 0 saturated heterocycles. The van der Waals surface area contributed by atoms with Crippen LogP contribution in [0.3, 0.4) is 0 Å². The molecule has 2 atom stereocenters. The van der Waals surface area contributed by atoms with Gasteiger partial charge in [-0.1, -0.05) is 6.07 Å². The molecule has 1 rings (SSSR count). The van der Waals surface area contributed by atoms with E-state index in [0.717, 1.165) is 5.56 Å². The van der Waals surface area contributed by atoms with Gasteiger partial charge in [0.05, 0.1) is 11.0 Å². The Morgan fingerprint density at radius 1 is 1.38 bits per heavy atom. The molecule has 6 heteroatoms. The van der Waals surface area contributed by atoms with E-state index in [4.69, 9.17) is 4.74 Å². The van der Waals surface area contributed by atoms with E-state index >= 15 is 0 Å². The summed E-state index contributed by atoms with van der Waals surface area (Å²) in [4.78, 5) is 10.6. The highest BCUT2D eigenvalue weighted by atomic mass is 16.6. The van der Waals surface area contributed by atoms with Crippen LogP contribution in [0.1, 0.15) is 40.2 Å². The van der Waals surface area contributed by atoms with Crippen molar-refractivity contribution in [1.82, 2.24) is 5.32 Å². The van der Waals surface area contributed by atoms with Gasteiger partial charge in [-0.25, -0.2) is 0 Å². The highest BCUT2D eigenvalue weighted by Gasteiger charge is 2.20. The van der Waals surface area contributed by atoms with Crippen LogP contribution in [0.2, 0.25) is 0 Å². The zero-order chi connectivity index (χ0) is 16.2. The second-order valence-corrected chi connectivity index (χ2v) is 6.23. The summed E-state index contributed by atoms with van der Waals surface area (Å²) in [5.74, 6) is 0.182. The first-order valence-electron chi connectivity index (χ1n) is 6.97. The SMILES string of the molecule is CC(O)C(C)Oc1cc(CNC(C)(C)C)ccc1[N+](=O)[O-]. The molecule has 0 amide bonds. The summed E-state index contributed by atoms with van der Waals surface area (Å²) in [6, 6.07) is 4.79. The van der Waals surface area contributed by atoms with Gasteiger partial charge in [-0.05, 0) is 46.2 Å². The molecule has 0 aliphatic carbocycles. The maximum absolute atomic E-state index is 11.0. The maximum Gasteiger partial charge on any atom is 0.310 e. The first-order chi connectivity index (χ1) is 9.60. The van der Waals surface area contributed by atoms with Gasteiger partial charge in [0.1, 0.15) is 6.10 Å². The van der Waals surface area contributed by atoms with Crippen LogP contribution < -0.4 is 10.1 Å². The monoisotopic (exact) mass is 296 g/mol. The molecule has 0 aliphatic rings. The zero-order valence-corrected chi connectivity index (χ0v) is 13.2. The second kappa shape index (κ2) is 6.87. The van der Waals surface area contributed by atoms with Gasteiger partial charge in [0, 0.05) is 18.2 Å². The third-order valence-electron chi connectivity index (χ3n) is 3.04. The molecule has 118 valence electrons. The molecule has 2 N–H and O–H groups in total.